The summed E-state index contributed by atoms with van der Waals surface area (Å²) >= 11 is 0. The van der Waals surface area contributed by atoms with E-state index in [9.17, 15) is 5.26 Å². The van der Waals surface area contributed by atoms with Crippen molar-refractivity contribution in [2.24, 2.45) is 5.41 Å². The molecule has 1 aliphatic carbocycles. The van der Waals surface area contributed by atoms with Crippen molar-refractivity contribution in [3.05, 3.63) is 30.2 Å². The number of nitriles is 1. The van der Waals surface area contributed by atoms with Crippen LogP contribution in [0.15, 0.2) is 28.9 Å². The Morgan fingerprint density at radius 2 is 2.13 bits per heavy atom. The van der Waals surface area contributed by atoms with E-state index < -0.39 is 0 Å². The van der Waals surface area contributed by atoms with Gasteiger partial charge in [0.25, 0.3) is 0 Å². The molecular formula is C13H15NO. The highest BCUT2D eigenvalue weighted by Gasteiger charge is 2.28. The molecule has 2 rings (SSSR count). The van der Waals surface area contributed by atoms with E-state index in [-0.39, 0.29) is 5.41 Å². The molecule has 1 aliphatic rings. The van der Waals surface area contributed by atoms with Crippen LogP contribution in [0.4, 0.5) is 0 Å². The summed E-state index contributed by atoms with van der Waals surface area (Å²) in [6, 6.07) is 6.22. The highest BCUT2D eigenvalue weighted by atomic mass is 16.3. The first-order valence-corrected chi connectivity index (χ1v) is 5.49. The predicted octanol–water partition coefficient (Wildman–Crippen LogP) is 3.77. The van der Waals surface area contributed by atoms with Gasteiger partial charge in [-0.2, -0.15) is 5.26 Å². The Labute approximate surface area is 90.2 Å². The van der Waals surface area contributed by atoms with E-state index in [2.05, 4.69) is 6.07 Å². The summed E-state index contributed by atoms with van der Waals surface area (Å²) in [5, 5.41) is 9.24. The zero-order valence-corrected chi connectivity index (χ0v) is 8.78. The summed E-state index contributed by atoms with van der Waals surface area (Å²) in [5.41, 5.74) is -0.245. The molecule has 0 N–H and O–H groups in total. The van der Waals surface area contributed by atoms with E-state index in [0.717, 1.165) is 31.4 Å². The number of hydrogen-bond acceptors (Lipinski definition) is 2. The molecule has 0 bridgehead atoms. The third-order valence-corrected chi connectivity index (χ3v) is 3.08. The monoisotopic (exact) mass is 201 g/mol. The SMILES string of the molecule is N#CC1(/C=C/c2ccco2)CCCCC1. The van der Waals surface area contributed by atoms with Crippen molar-refractivity contribution in [2.45, 2.75) is 32.1 Å². The maximum absolute atomic E-state index is 9.24. The van der Waals surface area contributed by atoms with Gasteiger partial charge in [-0.05, 0) is 31.1 Å². The van der Waals surface area contributed by atoms with Crippen molar-refractivity contribution in [2.75, 3.05) is 0 Å². The molecule has 1 saturated carbocycles. The summed E-state index contributed by atoms with van der Waals surface area (Å²) in [6.07, 6.45) is 11.2. The topological polar surface area (TPSA) is 36.9 Å². The lowest BCUT2D eigenvalue weighted by Crippen LogP contribution is -2.18. The fourth-order valence-electron chi connectivity index (χ4n) is 2.13. The molecule has 1 heterocycles. The van der Waals surface area contributed by atoms with Crippen molar-refractivity contribution in [1.29, 1.82) is 5.26 Å². The lowest BCUT2D eigenvalue weighted by molar-refractivity contribution is 0.337. The maximum atomic E-state index is 9.24. The number of rotatable bonds is 2. The summed E-state index contributed by atoms with van der Waals surface area (Å²) in [5.74, 6) is 0.829. The minimum atomic E-state index is -0.245. The van der Waals surface area contributed by atoms with Crippen molar-refractivity contribution in [3.8, 4) is 6.07 Å². The lowest BCUT2D eigenvalue weighted by atomic mass is 9.75. The van der Waals surface area contributed by atoms with Crippen LogP contribution in [0, 0.1) is 16.7 Å². The standard InChI is InChI=1S/C13H15NO/c14-11-13(7-2-1-3-8-13)9-6-12-5-4-10-15-12/h4-6,9-10H,1-3,7-8H2/b9-6+. The van der Waals surface area contributed by atoms with Crippen LogP contribution in [0.2, 0.25) is 0 Å². The molecular weight excluding hydrogens is 186 g/mol. The van der Waals surface area contributed by atoms with Crippen LogP contribution in [0.1, 0.15) is 37.9 Å². The third-order valence-electron chi connectivity index (χ3n) is 3.08. The van der Waals surface area contributed by atoms with E-state index in [1.54, 1.807) is 6.26 Å². The molecule has 2 nitrogen and oxygen atoms in total. The molecule has 0 unspecified atom stereocenters. The summed E-state index contributed by atoms with van der Waals surface area (Å²) in [6.45, 7) is 0. The second-order valence-corrected chi connectivity index (χ2v) is 4.18. The molecule has 0 saturated heterocycles. The molecule has 2 heteroatoms. The Balaban J connectivity index is 2.11. The largest absolute Gasteiger partial charge is 0.465 e. The molecule has 78 valence electrons. The zero-order chi connectivity index (χ0) is 10.6. The first-order valence-electron chi connectivity index (χ1n) is 5.49. The van der Waals surface area contributed by atoms with Gasteiger partial charge in [0.05, 0.1) is 17.7 Å². The predicted molar refractivity (Wildman–Crippen MR) is 58.9 cm³/mol. The van der Waals surface area contributed by atoms with Crippen LogP contribution in [0.3, 0.4) is 0 Å². The molecule has 0 aromatic carbocycles. The molecule has 1 fully saturated rings. The Morgan fingerprint density at radius 3 is 2.73 bits per heavy atom. The zero-order valence-electron chi connectivity index (χ0n) is 8.78. The molecule has 0 aliphatic heterocycles. The first-order chi connectivity index (χ1) is 7.35. The molecule has 0 radical (unpaired) electrons. The average Bonchev–Trinajstić information content (AvgIpc) is 2.81. The maximum Gasteiger partial charge on any atom is 0.126 e. The number of furan rings is 1. The Kier molecular flexibility index (Phi) is 2.91. The summed E-state index contributed by atoms with van der Waals surface area (Å²) in [7, 11) is 0. The first kappa shape index (κ1) is 10.0. The van der Waals surface area contributed by atoms with E-state index in [4.69, 9.17) is 4.42 Å². The van der Waals surface area contributed by atoms with Gasteiger partial charge in [-0.15, -0.1) is 0 Å². The molecule has 0 spiro atoms. The minimum absolute atomic E-state index is 0.245. The fraction of sp³-hybridized carbons (Fsp3) is 0.462. The van der Waals surface area contributed by atoms with Gasteiger partial charge in [-0.1, -0.05) is 25.3 Å². The van der Waals surface area contributed by atoms with E-state index in [0.29, 0.717) is 0 Å². The van der Waals surface area contributed by atoms with Crippen LogP contribution in [0.25, 0.3) is 6.08 Å². The van der Waals surface area contributed by atoms with Crippen LogP contribution in [0.5, 0.6) is 0 Å². The number of nitrogens with zero attached hydrogens (tertiary/aromatic N) is 1. The van der Waals surface area contributed by atoms with Gasteiger partial charge in [0.15, 0.2) is 0 Å². The molecule has 0 amide bonds. The normalized spacial score (nSPS) is 20.2. The van der Waals surface area contributed by atoms with Crippen molar-refractivity contribution in [3.63, 3.8) is 0 Å². The lowest BCUT2D eigenvalue weighted by Gasteiger charge is -2.27. The van der Waals surface area contributed by atoms with Crippen LogP contribution >= 0.6 is 0 Å². The Bertz CT molecular complexity index is 364. The fourth-order valence-corrected chi connectivity index (χ4v) is 2.13. The second-order valence-electron chi connectivity index (χ2n) is 4.18. The molecule has 1 aromatic rings. The Hall–Kier alpha value is -1.49. The van der Waals surface area contributed by atoms with E-state index in [1.165, 1.54) is 6.42 Å². The smallest absolute Gasteiger partial charge is 0.126 e. The van der Waals surface area contributed by atoms with Gasteiger partial charge < -0.3 is 4.42 Å². The highest BCUT2D eigenvalue weighted by Crippen LogP contribution is 2.37. The summed E-state index contributed by atoms with van der Waals surface area (Å²) in [4.78, 5) is 0. The van der Waals surface area contributed by atoms with E-state index in [1.807, 2.05) is 24.3 Å². The van der Waals surface area contributed by atoms with E-state index >= 15 is 0 Å². The van der Waals surface area contributed by atoms with Gasteiger partial charge in [-0.3, -0.25) is 0 Å². The number of allylic oxidation sites excluding steroid dienone is 1. The van der Waals surface area contributed by atoms with Gasteiger partial charge in [0, 0.05) is 0 Å². The molecule has 15 heavy (non-hydrogen) atoms. The van der Waals surface area contributed by atoms with Gasteiger partial charge >= 0.3 is 0 Å². The average molecular weight is 201 g/mol. The minimum Gasteiger partial charge on any atom is -0.465 e. The van der Waals surface area contributed by atoms with Crippen LogP contribution in [-0.4, -0.2) is 0 Å². The highest BCUT2D eigenvalue weighted by molar-refractivity contribution is 5.45. The third kappa shape index (κ3) is 2.30. The number of hydrogen-bond donors (Lipinski definition) is 0. The second kappa shape index (κ2) is 4.35. The molecule has 1 aromatic heterocycles. The quantitative estimate of drug-likeness (QED) is 0.730. The van der Waals surface area contributed by atoms with Crippen LogP contribution in [-0.2, 0) is 0 Å². The Morgan fingerprint density at radius 1 is 1.33 bits per heavy atom. The van der Waals surface area contributed by atoms with Gasteiger partial charge in [0.1, 0.15) is 5.76 Å². The van der Waals surface area contributed by atoms with Gasteiger partial charge in [-0.25, -0.2) is 0 Å². The van der Waals surface area contributed by atoms with Crippen molar-refractivity contribution < 1.29 is 4.42 Å². The van der Waals surface area contributed by atoms with Crippen molar-refractivity contribution in [1.82, 2.24) is 0 Å². The van der Waals surface area contributed by atoms with Crippen molar-refractivity contribution >= 4 is 6.08 Å². The van der Waals surface area contributed by atoms with Crippen LogP contribution < -0.4 is 0 Å². The summed E-state index contributed by atoms with van der Waals surface area (Å²) < 4.78 is 5.22. The molecule has 0 atom stereocenters. The van der Waals surface area contributed by atoms with Gasteiger partial charge in [0.2, 0.25) is 0 Å².